The van der Waals surface area contributed by atoms with Crippen LogP contribution in [0.15, 0.2) is 29.2 Å². The van der Waals surface area contributed by atoms with E-state index < -0.39 is 0 Å². The van der Waals surface area contributed by atoms with Crippen molar-refractivity contribution in [2.24, 2.45) is 0 Å². The van der Waals surface area contributed by atoms with Crippen LogP contribution in [0.3, 0.4) is 0 Å². The molecular weight excluding hydrogens is 244 g/mol. The van der Waals surface area contributed by atoms with Crippen molar-refractivity contribution in [3.05, 3.63) is 29.8 Å². The zero-order valence-electron chi connectivity index (χ0n) is 11.3. The van der Waals surface area contributed by atoms with E-state index in [2.05, 4.69) is 41.8 Å². The highest BCUT2D eigenvalue weighted by Gasteiger charge is 2.02. The molecule has 0 aliphatic carbocycles. The first-order chi connectivity index (χ1) is 8.67. The molecule has 0 spiro atoms. The van der Waals surface area contributed by atoms with Crippen molar-refractivity contribution in [2.45, 2.75) is 30.7 Å². The second kappa shape index (κ2) is 8.16. The van der Waals surface area contributed by atoms with Crippen molar-refractivity contribution in [2.75, 3.05) is 19.8 Å². The third-order valence-corrected chi connectivity index (χ3v) is 4.01. The highest BCUT2D eigenvalue weighted by atomic mass is 32.2. The van der Waals surface area contributed by atoms with Crippen LogP contribution in [-0.4, -0.2) is 25.8 Å². The molecule has 4 heteroatoms. The molecular formula is C14H22N2OS. The van der Waals surface area contributed by atoms with Gasteiger partial charge in [-0.15, -0.1) is 11.8 Å². The standard InChI is InChI=1S/C14H22N2OS/c1-11(15-2)12-6-8-13(9-7-12)18-10-4-5-14(17)16-3/h6-9,11,15H,4-5,10H2,1-3H3,(H,16,17). The number of hydrogen-bond donors (Lipinski definition) is 2. The fourth-order valence-corrected chi connectivity index (χ4v) is 2.42. The Bertz CT molecular complexity index is 365. The van der Waals surface area contributed by atoms with E-state index in [0.29, 0.717) is 12.5 Å². The summed E-state index contributed by atoms with van der Waals surface area (Å²) in [7, 11) is 3.64. The molecule has 0 aromatic heterocycles. The fourth-order valence-electron chi connectivity index (χ4n) is 1.57. The first kappa shape index (κ1) is 15.1. The second-order valence-corrected chi connectivity index (χ2v) is 5.37. The van der Waals surface area contributed by atoms with Crippen LogP contribution in [0.5, 0.6) is 0 Å². The van der Waals surface area contributed by atoms with Crippen molar-refractivity contribution in [3.63, 3.8) is 0 Å². The highest BCUT2D eigenvalue weighted by molar-refractivity contribution is 7.99. The van der Waals surface area contributed by atoms with Gasteiger partial charge in [0.25, 0.3) is 0 Å². The predicted octanol–water partition coefficient (Wildman–Crippen LogP) is 2.59. The quantitative estimate of drug-likeness (QED) is 0.589. The van der Waals surface area contributed by atoms with Crippen molar-refractivity contribution in [1.82, 2.24) is 10.6 Å². The smallest absolute Gasteiger partial charge is 0.219 e. The molecule has 1 amide bonds. The molecule has 1 aromatic rings. The van der Waals surface area contributed by atoms with Crippen LogP contribution in [0.4, 0.5) is 0 Å². The lowest BCUT2D eigenvalue weighted by atomic mass is 10.1. The van der Waals surface area contributed by atoms with Crippen LogP contribution in [0.2, 0.25) is 0 Å². The minimum atomic E-state index is 0.119. The van der Waals surface area contributed by atoms with Crippen LogP contribution in [0, 0.1) is 0 Å². The van der Waals surface area contributed by atoms with E-state index >= 15 is 0 Å². The van der Waals surface area contributed by atoms with Crippen LogP contribution in [0.1, 0.15) is 31.4 Å². The van der Waals surface area contributed by atoms with E-state index in [4.69, 9.17) is 0 Å². The van der Waals surface area contributed by atoms with Crippen LogP contribution in [0.25, 0.3) is 0 Å². The molecule has 3 nitrogen and oxygen atoms in total. The first-order valence-electron chi connectivity index (χ1n) is 6.28. The van der Waals surface area contributed by atoms with Crippen molar-refractivity contribution < 1.29 is 4.79 Å². The second-order valence-electron chi connectivity index (χ2n) is 4.20. The first-order valence-corrected chi connectivity index (χ1v) is 7.26. The Morgan fingerprint density at radius 1 is 1.28 bits per heavy atom. The maximum Gasteiger partial charge on any atom is 0.219 e. The Morgan fingerprint density at radius 3 is 2.50 bits per heavy atom. The maximum atomic E-state index is 11.0. The number of nitrogens with one attached hydrogen (secondary N) is 2. The van der Waals surface area contributed by atoms with Gasteiger partial charge in [-0.2, -0.15) is 0 Å². The van der Waals surface area contributed by atoms with Gasteiger partial charge in [-0.3, -0.25) is 4.79 Å². The van der Waals surface area contributed by atoms with E-state index in [-0.39, 0.29) is 5.91 Å². The SMILES string of the molecule is CNC(=O)CCCSc1ccc(C(C)NC)cc1. The molecule has 1 aromatic carbocycles. The number of benzene rings is 1. The molecule has 1 rings (SSSR count). The van der Waals surface area contributed by atoms with Crippen LogP contribution < -0.4 is 10.6 Å². The van der Waals surface area contributed by atoms with Gasteiger partial charge in [-0.1, -0.05) is 12.1 Å². The van der Waals surface area contributed by atoms with Gasteiger partial charge < -0.3 is 10.6 Å². The lowest BCUT2D eigenvalue weighted by molar-refractivity contribution is -0.120. The van der Waals surface area contributed by atoms with Crippen molar-refractivity contribution in [3.8, 4) is 0 Å². The minimum Gasteiger partial charge on any atom is -0.359 e. The molecule has 0 fully saturated rings. The number of carbonyl (C=O) groups excluding carboxylic acids is 1. The van der Waals surface area contributed by atoms with E-state index in [9.17, 15) is 4.79 Å². The summed E-state index contributed by atoms with van der Waals surface area (Å²) in [5, 5.41) is 5.86. The van der Waals surface area contributed by atoms with Gasteiger partial charge in [-0.25, -0.2) is 0 Å². The summed E-state index contributed by atoms with van der Waals surface area (Å²) in [5.41, 5.74) is 1.30. The summed E-state index contributed by atoms with van der Waals surface area (Å²) in [6.45, 7) is 2.14. The molecule has 18 heavy (non-hydrogen) atoms. The maximum absolute atomic E-state index is 11.0. The van der Waals surface area contributed by atoms with Crippen LogP contribution in [-0.2, 0) is 4.79 Å². The summed E-state index contributed by atoms with van der Waals surface area (Å²) < 4.78 is 0. The van der Waals surface area contributed by atoms with Crippen molar-refractivity contribution >= 4 is 17.7 Å². The topological polar surface area (TPSA) is 41.1 Å². The number of rotatable bonds is 7. The molecule has 1 atom stereocenters. The van der Waals surface area contributed by atoms with E-state index in [1.807, 2.05) is 7.05 Å². The molecule has 0 radical (unpaired) electrons. The molecule has 0 bridgehead atoms. The normalized spacial score (nSPS) is 12.2. The Morgan fingerprint density at radius 2 is 1.94 bits per heavy atom. The Hall–Kier alpha value is -1.00. The molecule has 2 N–H and O–H groups in total. The van der Waals surface area contributed by atoms with E-state index in [0.717, 1.165) is 12.2 Å². The average Bonchev–Trinajstić information content (AvgIpc) is 2.43. The summed E-state index contributed by atoms with van der Waals surface area (Å²) in [5.74, 6) is 1.10. The minimum absolute atomic E-state index is 0.119. The summed E-state index contributed by atoms with van der Waals surface area (Å²) >= 11 is 1.80. The number of thioether (sulfide) groups is 1. The van der Waals surface area contributed by atoms with E-state index in [1.54, 1.807) is 18.8 Å². The average molecular weight is 266 g/mol. The zero-order valence-corrected chi connectivity index (χ0v) is 12.1. The highest BCUT2D eigenvalue weighted by Crippen LogP contribution is 2.21. The van der Waals surface area contributed by atoms with E-state index in [1.165, 1.54) is 10.5 Å². The molecule has 0 saturated carbocycles. The molecule has 0 aliphatic rings. The van der Waals surface area contributed by atoms with Gasteiger partial charge >= 0.3 is 0 Å². The lowest BCUT2D eigenvalue weighted by Crippen LogP contribution is -2.17. The third-order valence-electron chi connectivity index (χ3n) is 2.91. The lowest BCUT2D eigenvalue weighted by Gasteiger charge is -2.10. The zero-order chi connectivity index (χ0) is 13.4. The monoisotopic (exact) mass is 266 g/mol. The molecule has 0 heterocycles. The van der Waals surface area contributed by atoms with Gasteiger partial charge in [0.05, 0.1) is 0 Å². The van der Waals surface area contributed by atoms with Gasteiger partial charge in [0.15, 0.2) is 0 Å². The number of amides is 1. The Labute approximate surface area is 114 Å². The third kappa shape index (κ3) is 5.10. The van der Waals surface area contributed by atoms with Gasteiger partial charge in [0.2, 0.25) is 5.91 Å². The summed E-state index contributed by atoms with van der Waals surface area (Å²) in [4.78, 5) is 12.3. The Kier molecular flexibility index (Phi) is 6.83. The van der Waals surface area contributed by atoms with Crippen molar-refractivity contribution in [1.29, 1.82) is 0 Å². The molecule has 100 valence electrons. The molecule has 0 aliphatic heterocycles. The van der Waals surface area contributed by atoms with Crippen LogP contribution >= 0.6 is 11.8 Å². The summed E-state index contributed by atoms with van der Waals surface area (Å²) in [6.07, 6.45) is 1.53. The Balaban J connectivity index is 2.33. The number of hydrogen-bond acceptors (Lipinski definition) is 3. The summed E-state index contributed by atoms with van der Waals surface area (Å²) in [6, 6.07) is 8.99. The fraction of sp³-hybridized carbons (Fsp3) is 0.500. The van der Waals surface area contributed by atoms with Gasteiger partial charge in [0.1, 0.15) is 0 Å². The molecule has 1 unspecified atom stereocenters. The largest absolute Gasteiger partial charge is 0.359 e. The van der Waals surface area contributed by atoms with Gasteiger partial charge in [0, 0.05) is 24.4 Å². The van der Waals surface area contributed by atoms with Gasteiger partial charge in [-0.05, 0) is 43.8 Å². The number of carbonyl (C=O) groups is 1. The molecule has 0 saturated heterocycles. The predicted molar refractivity (Wildman–Crippen MR) is 77.9 cm³/mol.